The third kappa shape index (κ3) is 2.40. The zero-order chi connectivity index (χ0) is 14.0. The van der Waals surface area contributed by atoms with E-state index in [0.717, 1.165) is 5.39 Å². The topological polar surface area (TPSA) is 87.7 Å². The lowest BCUT2D eigenvalue weighted by Crippen LogP contribution is -2.24. The van der Waals surface area contributed by atoms with Crippen LogP contribution in [0, 0.1) is 0 Å². The second-order valence-electron chi connectivity index (χ2n) is 4.23. The van der Waals surface area contributed by atoms with E-state index in [1.54, 1.807) is 18.2 Å². The molecule has 20 heavy (non-hydrogen) atoms. The number of sulfonamides is 1. The predicted molar refractivity (Wildman–Crippen MR) is 74.4 cm³/mol. The average molecular weight is 288 g/mol. The van der Waals surface area contributed by atoms with Crippen LogP contribution in [0.5, 0.6) is 0 Å². The Hall–Kier alpha value is -2.25. The minimum atomic E-state index is -3.60. The number of fused-ring (bicyclic) bond motifs is 1. The van der Waals surface area contributed by atoms with Crippen LogP contribution in [0.4, 0.5) is 0 Å². The SMILES string of the molecule is O=S(=O)(NCc1ncn[nH]1)c1cccc2ccccc12. The Kier molecular flexibility index (Phi) is 3.21. The van der Waals surface area contributed by atoms with E-state index in [0.29, 0.717) is 11.2 Å². The Labute approximate surface area is 115 Å². The molecule has 0 amide bonds. The Bertz CT molecular complexity index is 823. The summed E-state index contributed by atoms with van der Waals surface area (Å²) in [5.74, 6) is 0.466. The van der Waals surface area contributed by atoms with Gasteiger partial charge in [0, 0.05) is 5.39 Å². The van der Waals surface area contributed by atoms with Gasteiger partial charge in [0.25, 0.3) is 0 Å². The van der Waals surface area contributed by atoms with Crippen molar-refractivity contribution in [3.8, 4) is 0 Å². The smallest absolute Gasteiger partial charge is 0.241 e. The van der Waals surface area contributed by atoms with E-state index in [9.17, 15) is 8.42 Å². The molecule has 102 valence electrons. The first-order valence-electron chi connectivity index (χ1n) is 5.98. The van der Waals surface area contributed by atoms with Crippen LogP contribution in [0.25, 0.3) is 10.8 Å². The van der Waals surface area contributed by atoms with Gasteiger partial charge in [-0.05, 0) is 11.5 Å². The molecule has 0 aliphatic heterocycles. The zero-order valence-corrected chi connectivity index (χ0v) is 11.3. The van der Waals surface area contributed by atoms with Gasteiger partial charge in [0.1, 0.15) is 12.2 Å². The molecule has 0 unspecified atom stereocenters. The first-order valence-corrected chi connectivity index (χ1v) is 7.47. The molecule has 6 nitrogen and oxygen atoms in total. The van der Waals surface area contributed by atoms with Crippen molar-refractivity contribution in [1.82, 2.24) is 19.9 Å². The second kappa shape index (κ2) is 5.03. The molecule has 0 fully saturated rings. The predicted octanol–water partition coefficient (Wildman–Crippen LogP) is 1.44. The van der Waals surface area contributed by atoms with Crippen LogP contribution in [-0.2, 0) is 16.6 Å². The number of H-pyrrole nitrogens is 1. The first kappa shape index (κ1) is 12.8. The fourth-order valence-corrected chi connectivity index (χ4v) is 3.20. The number of benzene rings is 2. The molecule has 1 heterocycles. The van der Waals surface area contributed by atoms with E-state index in [2.05, 4.69) is 19.9 Å². The van der Waals surface area contributed by atoms with Crippen molar-refractivity contribution < 1.29 is 8.42 Å². The number of rotatable bonds is 4. The first-order chi connectivity index (χ1) is 9.67. The molecule has 0 spiro atoms. The quantitative estimate of drug-likeness (QED) is 0.760. The van der Waals surface area contributed by atoms with Crippen molar-refractivity contribution in [2.45, 2.75) is 11.4 Å². The molecule has 2 N–H and O–H groups in total. The van der Waals surface area contributed by atoms with E-state index in [1.165, 1.54) is 6.33 Å². The standard InChI is InChI=1S/C13H12N4O2S/c18-20(19,16-8-13-14-9-15-17-13)12-7-3-5-10-4-1-2-6-11(10)12/h1-7,9,16H,8H2,(H,14,15,17). The van der Waals surface area contributed by atoms with Crippen LogP contribution in [-0.4, -0.2) is 23.6 Å². The van der Waals surface area contributed by atoms with Crippen LogP contribution < -0.4 is 4.72 Å². The number of aromatic nitrogens is 3. The molecule has 0 radical (unpaired) electrons. The van der Waals surface area contributed by atoms with Crippen molar-refractivity contribution in [3.05, 3.63) is 54.6 Å². The summed E-state index contributed by atoms with van der Waals surface area (Å²) in [5, 5.41) is 7.86. The summed E-state index contributed by atoms with van der Waals surface area (Å²) in [5.41, 5.74) is 0. The van der Waals surface area contributed by atoms with Gasteiger partial charge >= 0.3 is 0 Å². The van der Waals surface area contributed by atoms with Crippen LogP contribution in [0.15, 0.2) is 53.7 Å². The minimum Gasteiger partial charge on any atom is -0.262 e. The number of nitrogens with one attached hydrogen (secondary N) is 2. The normalized spacial score (nSPS) is 11.8. The van der Waals surface area contributed by atoms with E-state index in [4.69, 9.17) is 0 Å². The van der Waals surface area contributed by atoms with Gasteiger partial charge in [-0.1, -0.05) is 36.4 Å². The largest absolute Gasteiger partial charge is 0.262 e. The fraction of sp³-hybridized carbons (Fsp3) is 0.0769. The summed E-state index contributed by atoms with van der Waals surface area (Å²) in [6, 6.07) is 12.6. The molecule has 0 saturated heterocycles. The lowest BCUT2D eigenvalue weighted by atomic mass is 10.1. The van der Waals surface area contributed by atoms with Crippen LogP contribution in [0.1, 0.15) is 5.82 Å². The molecule has 7 heteroatoms. The molecule has 1 aromatic heterocycles. The van der Waals surface area contributed by atoms with Crippen molar-refractivity contribution in [1.29, 1.82) is 0 Å². The summed E-state index contributed by atoms with van der Waals surface area (Å²) in [7, 11) is -3.60. The molecule has 0 bridgehead atoms. The van der Waals surface area contributed by atoms with Gasteiger partial charge in [-0.2, -0.15) is 5.10 Å². The summed E-state index contributed by atoms with van der Waals surface area (Å²) < 4.78 is 27.2. The monoisotopic (exact) mass is 288 g/mol. The van der Waals surface area contributed by atoms with E-state index >= 15 is 0 Å². The molecular weight excluding hydrogens is 276 g/mol. The summed E-state index contributed by atoms with van der Waals surface area (Å²) >= 11 is 0. The molecule has 0 atom stereocenters. The third-order valence-corrected chi connectivity index (χ3v) is 4.39. The summed E-state index contributed by atoms with van der Waals surface area (Å²) in [4.78, 5) is 4.14. The Morgan fingerprint density at radius 2 is 1.90 bits per heavy atom. The van der Waals surface area contributed by atoms with Crippen LogP contribution >= 0.6 is 0 Å². The molecule has 0 aliphatic rings. The number of hydrogen-bond donors (Lipinski definition) is 2. The molecular formula is C13H12N4O2S. The van der Waals surface area contributed by atoms with E-state index in [1.807, 2.05) is 24.3 Å². The van der Waals surface area contributed by atoms with Gasteiger partial charge in [-0.25, -0.2) is 18.1 Å². The summed E-state index contributed by atoms with van der Waals surface area (Å²) in [6.07, 6.45) is 1.33. The molecule has 3 aromatic rings. The molecule has 2 aromatic carbocycles. The van der Waals surface area contributed by atoms with Crippen LogP contribution in [0.3, 0.4) is 0 Å². The van der Waals surface area contributed by atoms with Crippen LogP contribution in [0.2, 0.25) is 0 Å². The van der Waals surface area contributed by atoms with Crippen molar-refractivity contribution >= 4 is 20.8 Å². The fourth-order valence-electron chi connectivity index (χ4n) is 1.99. The Morgan fingerprint density at radius 1 is 1.10 bits per heavy atom. The van der Waals surface area contributed by atoms with Crippen molar-refractivity contribution in [3.63, 3.8) is 0 Å². The van der Waals surface area contributed by atoms with Crippen molar-refractivity contribution in [2.24, 2.45) is 0 Å². The maximum Gasteiger partial charge on any atom is 0.241 e. The van der Waals surface area contributed by atoms with Gasteiger partial charge in [-0.3, -0.25) is 5.10 Å². The number of hydrogen-bond acceptors (Lipinski definition) is 4. The van der Waals surface area contributed by atoms with Crippen molar-refractivity contribution in [2.75, 3.05) is 0 Å². The third-order valence-electron chi connectivity index (χ3n) is 2.93. The second-order valence-corrected chi connectivity index (χ2v) is 5.97. The van der Waals surface area contributed by atoms with Gasteiger partial charge in [0.05, 0.1) is 11.4 Å². The molecule has 0 saturated carbocycles. The van der Waals surface area contributed by atoms with Gasteiger partial charge in [0.2, 0.25) is 10.0 Å². The number of nitrogens with zero attached hydrogens (tertiary/aromatic N) is 2. The van der Waals surface area contributed by atoms with Gasteiger partial charge < -0.3 is 0 Å². The van der Waals surface area contributed by atoms with Gasteiger partial charge in [-0.15, -0.1) is 0 Å². The average Bonchev–Trinajstić information content (AvgIpc) is 2.98. The summed E-state index contributed by atoms with van der Waals surface area (Å²) in [6.45, 7) is 0.0750. The van der Waals surface area contributed by atoms with E-state index < -0.39 is 10.0 Å². The number of aromatic amines is 1. The molecule has 3 rings (SSSR count). The van der Waals surface area contributed by atoms with Gasteiger partial charge in [0.15, 0.2) is 0 Å². The highest BCUT2D eigenvalue weighted by molar-refractivity contribution is 7.89. The lowest BCUT2D eigenvalue weighted by molar-refractivity contribution is 0.580. The highest BCUT2D eigenvalue weighted by atomic mass is 32.2. The zero-order valence-electron chi connectivity index (χ0n) is 10.4. The van der Waals surface area contributed by atoms with E-state index in [-0.39, 0.29) is 11.4 Å². The Morgan fingerprint density at radius 3 is 2.70 bits per heavy atom. The minimum absolute atomic E-state index is 0.0750. The Balaban J connectivity index is 1.97. The lowest BCUT2D eigenvalue weighted by Gasteiger charge is -2.08. The highest BCUT2D eigenvalue weighted by Gasteiger charge is 2.17. The maximum absolute atomic E-state index is 12.4. The highest BCUT2D eigenvalue weighted by Crippen LogP contribution is 2.22. The maximum atomic E-state index is 12.4. The molecule has 0 aliphatic carbocycles.